The van der Waals surface area contributed by atoms with Gasteiger partial charge in [-0.15, -0.1) is 0 Å². The molecule has 1 saturated carbocycles. The van der Waals surface area contributed by atoms with E-state index in [1.807, 2.05) is 42.5 Å². The number of hydrogen-bond acceptors (Lipinski definition) is 5. The molecule has 3 aromatic rings. The van der Waals surface area contributed by atoms with Crippen molar-refractivity contribution >= 4 is 34.4 Å². The molecule has 0 unspecified atom stereocenters. The zero-order chi connectivity index (χ0) is 23.5. The summed E-state index contributed by atoms with van der Waals surface area (Å²) >= 11 is 0. The van der Waals surface area contributed by atoms with Gasteiger partial charge >= 0.3 is 5.97 Å². The molecule has 0 bridgehead atoms. The van der Waals surface area contributed by atoms with Crippen molar-refractivity contribution in [3.05, 3.63) is 65.2 Å². The van der Waals surface area contributed by atoms with E-state index < -0.39 is 5.97 Å². The van der Waals surface area contributed by atoms with Crippen LogP contribution in [0.2, 0.25) is 0 Å². The number of hydrogen-bond donors (Lipinski definition) is 1. The van der Waals surface area contributed by atoms with Gasteiger partial charge in [0.2, 0.25) is 0 Å². The lowest BCUT2D eigenvalue weighted by molar-refractivity contribution is -0.125. The van der Waals surface area contributed by atoms with Gasteiger partial charge in [0.25, 0.3) is 5.91 Å². The smallest absolute Gasteiger partial charge is 0.339 e. The number of allylic oxidation sites excluding steroid dienone is 1. The summed E-state index contributed by atoms with van der Waals surface area (Å²) in [5, 5.41) is 3.82. The molecule has 6 heteroatoms. The van der Waals surface area contributed by atoms with E-state index in [9.17, 15) is 9.59 Å². The maximum absolute atomic E-state index is 13.3. The molecule has 0 spiro atoms. The number of benzene rings is 1. The fraction of sp³-hybridized carbons (Fsp3) is 0.393. The predicted molar refractivity (Wildman–Crippen MR) is 131 cm³/mol. The average Bonchev–Trinajstić information content (AvgIpc) is 3.36. The van der Waals surface area contributed by atoms with Crippen molar-refractivity contribution in [3.63, 3.8) is 0 Å². The molecule has 2 aliphatic carbocycles. The summed E-state index contributed by atoms with van der Waals surface area (Å²) in [5.74, 6) is 0.498. The van der Waals surface area contributed by atoms with Gasteiger partial charge in [-0.2, -0.15) is 0 Å². The van der Waals surface area contributed by atoms with Gasteiger partial charge < -0.3 is 14.5 Å². The Morgan fingerprint density at radius 3 is 2.79 bits per heavy atom. The van der Waals surface area contributed by atoms with Crippen LogP contribution < -0.4 is 5.32 Å². The lowest BCUT2D eigenvalue weighted by Gasteiger charge is -2.29. The van der Waals surface area contributed by atoms with Crippen LogP contribution in [0.1, 0.15) is 72.8 Å². The largest absolute Gasteiger partial charge is 0.465 e. The van der Waals surface area contributed by atoms with Gasteiger partial charge in [0, 0.05) is 11.4 Å². The van der Waals surface area contributed by atoms with Crippen LogP contribution in [0.15, 0.2) is 47.1 Å². The van der Waals surface area contributed by atoms with Crippen LogP contribution in [0.4, 0.5) is 0 Å². The number of rotatable bonds is 5. The van der Waals surface area contributed by atoms with E-state index in [4.69, 9.17) is 14.1 Å². The Hall–Kier alpha value is -3.41. The Bertz CT molecular complexity index is 1230. The zero-order valence-corrected chi connectivity index (χ0v) is 19.5. The number of carbonyl (C=O) groups excluding carboxylic acids is 2. The normalized spacial score (nSPS) is 21.3. The highest BCUT2D eigenvalue weighted by Crippen LogP contribution is 2.36. The number of pyridine rings is 1. The van der Waals surface area contributed by atoms with Crippen LogP contribution >= 0.6 is 0 Å². The number of carbonyl (C=O) groups is 2. The van der Waals surface area contributed by atoms with Crippen LogP contribution in [-0.4, -0.2) is 29.5 Å². The summed E-state index contributed by atoms with van der Waals surface area (Å²) in [6.07, 6.45) is 10.6. The first-order valence-corrected chi connectivity index (χ1v) is 12.2. The van der Waals surface area contributed by atoms with Crippen molar-refractivity contribution in [1.82, 2.24) is 10.3 Å². The first-order valence-electron chi connectivity index (χ1n) is 12.2. The summed E-state index contributed by atoms with van der Waals surface area (Å²) in [4.78, 5) is 30.8. The van der Waals surface area contributed by atoms with Gasteiger partial charge in [-0.25, -0.2) is 9.78 Å². The van der Waals surface area contributed by atoms with E-state index >= 15 is 0 Å². The maximum Gasteiger partial charge on any atom is 0.339 e. The van der Waals surface area contributed by atoms with Crippen molar-refractivity contribution in [2.75, 3.05) is 6.61 Å². The zero-order valence-electron chi connectivity index (χ0n) is 19.5. The monoisotopic (exact) mass is 458 g/mol. The van der Waals surface area contributed by atoms with Crippen LogP contribution in [0.5, 0.6) is 0 Å². The number of esters is 1. The fourth-order valence-electron chi connectivity index (χ4n) is 5.24. The van der Waals surface area contributed by atoms with E-state index in [-0.39, 0.29) is 18.6 Å². The third-order valence-electron chi connectivity index (χ3n) is 7.03. The van der Waals surface area contributed by atoms with Crippen molar-refractivity contribution in [2.24, 2.45) is 5.92 Å². The van der Waals surface area contributed by atoms with E-state index in [0.29, 0.717) is 11.5 Å². The number of aromatic nitrogens is 1. The highest BCUT2D eigenvalue weighted by atomic mass is 16.5. The van der Waals surface area contributed by atoms with Gasteiger partial charge in [0.05, 0.1) is 23.0 Å². The molecule has 2 aliphatic rings. The maximum atomic E-state index is 13.3. The molecule has 1 aromatic carbocycles. The Balaban J connectivity index is 1.42. The second-order valence-corrected chi connectivity index (χ2v) is 9.38. The highest BCUT2D eigenvalue weighted by molar-refractivity contribution is 6.07. The van der Waals surface area contributed by atoms with Gasteiger partial charge in [-0.1, -0.05) is 38.0 Å². The third kappa shape index (κ3) is 4.63. The molecule has 0 radical (unpaired) electrons. The molecule has 0 aliphatic heterocycles. The Kier molecular flexibility index (Phi) is 6.48. The van der Waals surface area contributed by atoms with Crippen molar-refractivity contribution < 1.29 is 18.7 Å². The third-order valence-corrected chi connectivity index (χ3v) is 7.03. The second-order valence-electron chi connectivity index (χ2n) is 9.38. The minimum absolute atomic E-state index is 0.156. The molecular weight excluding hydrogens is 428 g/mol. The molecule has 1 amide bonds. The molecule has 0 saturated heterocycles. The van der Waals surface area contributed by atoms with E-state index in [0.717, 1.165) is 72.0 Å². The van der Waals surface area contributed by atoms with E-state index in [1.165, 1.54) is 6.42 Å². The SMILES string of the molecule is C[C@H]1CCCC[C@H]1NC(=O)COC(=O)c1c2c(nc3ccccc13)/C(=C\c1ccco1)CCC2. The number of furan rings is 1. The van der Waals surface area contributed by atoms with Gasteiger partial charge in [-0.3, -0.25) is 4.79 Å². The predicted octanol–water partition coefficient (Wildman–Crippen LogP) is 5.56. The van der Waals surface area contributed by atoms with Crippen LogP contribution in [0.25, 0.3) is 22.6 Å². The summed E-state index contributed by atoms with van der Waals surface area (Å²) < 4.78 is 11.1. The number of fused-ring (bicyclic) bond motifs is 2. The van der Waals surface area contributed by atoms with Crippen molar-refractivity contribution in [1.29, 1.82) is 0 Å². The quantitative estimate of drug-likeness (QED) is 0.507. The molecule has 1 N–H and O–H groups in total. The number of ether oxygens (including phenoxy) is 1. The number of para-hydroxylation sites is 1. The van der Waals surface area contributed by atoms with Gasteiger partial charge in [-0.05, 0) is 73.4 Å². The highest BCUT2D eigenvalue weighted by Gasteiger charge is 2.27. The molecule has 2 aromatic heterocycles. The molecule has 5 rings (SSSR count). The summed E-state index contributed by atoms with van der Waals surface area (Å²) in [5.41, 5.74) is 3.99. The van der Waals surface area contributed by atoms with Crippen LogP contribution in [-0.2, 0) is 16.0 Å². The minimum Gasteiger partial charge on any atom is -0.465 e. The molecule has 6 nitrogen and oxygen atoms in total. The summed E-state index contributed by atoms with van der Waals surface area (Å²) in [7, 11) is 0. The Morgan fingerprint density at radius 2 is 1.97 bits per heavy atom. The first-order chi connectivity index (χ1) is 16.6. The van der Waals surface area contributed by atoms with Crippen molar-refractivity contribution in [2.45, 2.75) is 57.9 Å². The number of amides is 1. The lowest BCUT2D eigenvalue weighted by Crippen LogP contribution is -2.42. The van der Waals surface area contributed by atoms with Gasteiger partial charge in [0.15, 0.2) is 6.61 Å². The fourth-order valence-corrected chi connectivity index (χ4v) is 5.24. The molecule has 176 valence electrons. The molecule has 34 heavy (non-hydrogen) atoms. The molecule has 1 fully saturated rings. The summed E-state index contributed by atoms with van der Waals surface area (Å²) in [6, 6.07) is 11.5. The van der Waals surface area contributed by atoms with Crippen LogP contribution in [0.3, 0.4) is 0 Å². The van der Waals surface area contributed by atoms with Gasteiger partial charge in [0.1, 0.15) is 5.76 Å². The minimum atomic E-state index is -0.471. The standard InChI is InChI=1S/C28H30N2O4/c1-18-8-2-4-13-23(18)29-25(31)17-34-28(32)26-21-11-3-5-14-24(21)30-27-19(9-6-12-22(26)27)16-20-10-7-15-33-20/h3,5,7,10-11,14-16,18,23H,2,4,6,8-9,12-13,17H2,1H3,(H,29,31)/b19-16-/t18-,23+/m0/s1. The molecular formula is C28H30N2O4. The Morgan fingerprint density at radius 1 is 1.12 bits per heavy atom. The van der Waals surface area contributed by atoms with E-state index in [1.54, 1.807) is 6.26 Å². The number of nitrogens with zero attached hydrogens (tertiary/aromatic N) is 1. The van der Waals surface area contributed by atoms with Crippen molar-refractivity contribution in [3.8, 4) is 0 Å². The van der Waals surface area contributed by atoms with E-state index in [2.05, 4.69) is 12.2 Å². The molecule has 2 atom stereocenters. The summed E-state index contributed by atoms with van der Waals surface area (Å²) in [6.45, 7) is 1.89. The van der Waals surface area contributed by atoms with Crippen LogP contribution in [0, 0.1) is 5.92 Å². The number of nitrogens with one attached hydrogen (secondary N) is 1. The topological polar surface area (TPSA) is 81.4 Å². The second kappa shape index (κ2) is 9.84. The molecule has 2 heterocycles. The Labute approximate surface area is 199 Å². The first kappa shape index (κ1) is 22.4. The average molecular weight is 459 g/mol. The lowest BCUT2D eigenvalue weighted by atomic mass is 9.86.